The highest BCUT2D eigenvalue weighted by atomic mass is 79.9. The number of benzene rings is 2. The molecule has 0 spiro atoms. The first-order valence-corrected chi connectivity index (χ1v) is 12.5. The number of aromatic hydroxyl groups is 1. The van der Waals surface area contributed by atoms with Crippen molar-refractivity contribution in [2.75, 3.05) is 14.2 Å². The first-order valence-electron chi connectivity index (χ1n) is 10.9. The average Bonchev–Trinajstić information content (AvgIpc) is 3.13. The zero-order chi connectivity index (χ0) is 25.4. The van der Waals surface area contributed by atoms with Gasteiger partial charge in [-0.1, -0.05) is 65.4 Å². The van der Waals surface area contributed by atoms with Gasteiger partial charge in [0.15, 0.2) is 16.3 Å². The van der Waals surface area contributed by atoms with Crippen LogP contribution in [0.3, 0.4) is 0 Å². The number of hydrogen-bond donors (Lipinski definition) is 1. The Labute approximate surface area is 214 Å². The van der Waals surface area contributed by atoms with Crippen LogP contribution >= 0.6 is 27.3 Å². The van der Waals surface area contributed by atoms with E-state index in [1.54, 1.807) is 23.6 Å². The van der Waals surface area contributed by atoms with Crippen molar-refractivity contribution >= 4 is 39.3 Å². The van der Waals surface area contributed by atoms with Gasteiger partial charge in [-0.3, -0.25) is 9.36 Å². The van der Waals surface area contributed by atoms with Crippen LogP contribution in [0.2, 0.25) is 0 Å². The van der Waals surface area contributed by atoms with Gasteiger partial charge < -0.3 is 14.6 Å². The molecule has 0 fully saturated rings. The van der Waals surface area contributed by atoms with Crippen molar-refractivity contribution in [2.24, 2.45) is 4.99 Å². The number of carbonyl (C=O) groups is 1. The Morgan fingerprint density at radius 1 is 1.23 bits per heavy atom. The molecule has 1 aliphatic rings. The van der Waals surface area contributed by atoms with E-state index in [0.29, 0.717) is 42.3 Å². The Balaban J connectivity index is 1.95. The number of carbonyl (C=O) groups excluding carboxylic acids is 1. The zero-order valence-electron chi connectivity index (χ0n) is 20.0. The molecular formula is C26H25BrN2O5S. The zero-order valence-corrected chi connectivity index (χ0v) is 22.4. The monoisotopic (exact) mass is 556 g/mol. The second kappa shape index (κ2) is 9.83. The maximum absolute atomic E-state index is 13.7. The molecule has 1 N–H and O–H groups in total. The Morgan fingerprint density at radius 3 is 2.51 bits per heavy atom. The summed E-state index contributed by atoms with van der Waals surface area (Å²) in [5.41, 5.74) is 3.18. The molecule has 4 rings (SSSR count). The minimum absolute atomic E-state index is 0.0128. The highest BCUT2D eigenvalue weighted by Gasteiger charge is 2.33. The second-order valence-electron chi connectivity index (χ2n) is 8.44. The third-order valence-corrected chi connectivity index (χ3v) is 7.60. The Bertz CT molecular complexity index is 1520. The van der Waals surface area contributed by atoms with Gasteiger partial charge in [0.25, 0.3) is 5.56 Å². The fraction of sp³-hybridized carbons (Fsp3) is 0.269. The summed E-state index contributed by atoms with van der Waals surface area (Å²) < 4.78 is 12.9. The van der Waals surface area contributed by atoms with Crippen molar-refractivity contribution in [1.82, 2.24) is 4.57 Å². The van der Waals surface area contributed by atoms with E-state index in [1.165, 1.54) is 31.6 Å². The van der Waals surface area contributed by atoms with E-state index < -0.39 is 12.0 Å². The number of phenols is 1. The summed E-state index contributed by atoms with van der Waals surface area (Å²) in [5, 5.41) is 10.0. The van der Waals surface area contributed by atoms with Gasteiger partial charge in [-0.05, 0) is 47.7 Å². The lowest BCUT2D eigenvalue weighted by Gasteiger charge is -2.24. The molecule has 1 atom stereocenters. The number of fused-ring (bicyclic) bond motifs is 1. The lowest BCUT2D eigenvalue weighted by atomic mass is 9.93. The van der Waals surface area contributed by atoms with Gasteiger partial charge in [-0.25, -0.2) is 9.79 Å². The number of hydrogen-bond acceptors (Lipinski definition) is 7. The first-order chi connectivity index (χ1) is 16.7. The van der Waals surface area contributed by atoms with Crippen LogP contribution in [0, 0.1) is 0 Å². The van der Waals surface area contributed by atoms with E-state index in [9.17, 15) is 14.7 Å². The summed E-state index contributed by atoms with van der Waals surface area (Å²) >= 11 is 4.67. The largest absolute Gasteiger partial charge is 0.504 e. The van der Waals surface area contributed by atoms with E-state index in [0.717, 1.165) is 11.1 Å². The van der Waals surface area contributed by atoms with Crippen LogP contribution in [0.25, 0.3) is 6.08 Å². The van der Waals surface area contributed by atoms with Gasteiger partial charge in [0, 0.05) is 4.47 Å². The van der Waals surface area contributed by atoms with Gasteiger partial charge in [-0.15, -0.1) is 0 Å². The molecule has 0 amide bonds. The summed E-state index contributed by atoms with van der Waals surface area (Å²) in [6, 6.07) is 10.4. The second-order valence-corrected chi connectivity index (χ2v) is 10.3. The molecule has 1 aromatic heterocycles. The Hall–Kier alpha value is -3.17. The topological polar surface area (TPSA) is 90.1 Å². The van der Waals surface area contributed by atoms with Crippen molar-refractivity contribution in [3.05, 3.63) is 88.5 Å². The normalized spacial score (nSPS) is 15.7. The van der Waals surface area contributed by atoms with Crippen molar-refractivity contribution < 1.29 is 19.4 Å². The molecule has 0 bridgehead atoms. The third kappa shape index (κ3) is 4.58. The molecule has 0 saturated heterocycles. The number of esters is 1. The van der Waals surface area contributed by atoms with Gasteiger partial charge in [0.2, 0.25) is 0 Å². The average molecular weight is 557 g/mol. The van der Waals surface area contributed by atoms with E-state index >= 15 is 0 Å². The minimum Gasteiger partial charge on any atom is -0.504 e. The van der Waals surface area contributed by atoms with E-state index in [2.05, 4.69) is 34.8 Å². The summed E-state index contributed by atoms with van der Waals surface area (Å²) in [7, 11) is 2.78. The highest BCUT2D eigenvalue weighted by molar-refractivity contribution is 9.10. The first kappa shape index (κ1) is 24.9. The van der Waals surface area contributed by atoms with Crippen molar-refractivity contribution in [3.63, 3.8) is 0 Å². The predicted molar refractivity (Wildman–Crippen MR) is 139 cm³/mol. The van der Waals surface area contributed by atoms with Gasteiger partial charge in [-0.2, -0.15) is 0 Å². The fourth-order valence-electron chi connectivity index (χ4n) is 4.05. The fourth-order valence-corrected chi connectivity index (χ4v) is 5.53. The summed E-state index contributed by atoms with van der Waals surface area (Å²) in [6.45, 7) is 5.97. The predicted octanol–water partition coefficient (Wildman–Crippen LogP) is 4.01. The Kier molecular flexibility index (Phi) is 7.00. The van der Waals surface area contributed by atoms with Crippen LogP contribution in [0.1, 0.15) is 49.4 Å². The number of thiazole rings is 1. The van der Waals surface area contributed by atoms with Crippen LogP contribution < -0.4 is 19.6 Å². The number of rotatable bonds is 5. The van der Waals surface area contributed by atoms with E-state index in [1.807, 2.05) is 24.3 Å². The molecule has 2 heterocycles. The lowest BCUT2D eigenvalue weighted by molar-refractivity contribution is -0.136. The number of ether oxygens (including phenoxy) is 2. The molecule has 0 saturated carbocycles. The maximum Gasteiger partial charge on any atom is 0.338 e. The molecule has 1 aliphatic heterocycles. The third-order valence-electron chi connectivity index (χ3n) is 5.93. The molecular weight excluding hydrogens is 532 g/mol. The lowest BCUT2D eigenvalue weighted by Crippen LogP contribution is -2.39. The van der Waals surface area contributed by atoms with Crippen molar-refractivity contribution in [1.29, 1.82) is 0 Å². The maximum atomic E-state index is 13.7. The van der Waals surface area contributed by atoms with E-state index in [4.69, 9.17) is 9.47 Å². The molecule has 7 nitrogen and oxygen atoms in total. The van der Waals surface area contributed by atoms with Crippen LogP contribution in [0.4, 0.5) is 0 Å². The number of methoxy groups -OCH3 is 2. The number of phenolic OH excluding ortho intramolecular Hbond substituents is 1. The molecule has 0 radical (unpaired) electrons. The molecule has 182 valence electrons. The minimum atomic E-state index is -0.667. The number of halogens is 1. The summed E-state index contributed by atoms with van der Waals surface area (Å²) in [5.74, 6) is 0.106. The quantitative estimate of drug-likeness (QED) is 0.479. The van der Waals surface area contributed by atoms with Crippen molar-refractivity contribution in [2.45, 2.75) is 32.7 Å². The summed E-state index contributed by atoms with van der Waals surface area (Å²) in [4.78, 5) is 31.5. The molecule has 3 aromatic rings. The van der Waals surface area contributed by atoms with E-state index in [-0.39, 0.29) is 11.3 Å². The van der Waals surface area contributed by atoms with Crippen LogP contribution in [-0.4, -0.2) is 29.9 Å². The van der Waals surface area contributed by atoms with Crippen LogP contribution in [0.15, 0.2) is 61.9 Å². The van der Waals surface area contributed by atoms with Crippen molar-refractivity contribution in [3.8, 4) is 11.5 Å². The SMILES string of the molecule is COC(=O)C1=C(C)N=c2s/c(=C\c3cc(OC)c(O)cc3Br)c(=O)n2C1c1ccc(C(C)C)cc1. The number of aromatic nitrogens is 1. The van der Waals surface area contributed by atoms with Crippen LogP contribution in [-0.2, 0) is 9.53 Å². The smallest absolute Gasteiger partial charge is 0.338 e. The number of allylic oxidation sites excluding steroid dienone is 1. The molecule has 1 unspecified atom stereocenters. The molecule has 0 aliphatic carbocycles. The highest BCUT2D eigenvalue weighted by Crippen LogP contribution is 2.33. The Morgan fingerprint density at radius 2 is 1.91 bits per heavy atom. The van der Waals surface area contributed by atoms with Gasteiger partial charge >= 0.3 is 5.97 Å². The summed E-state index contributed by atoms with van der Waals surface area (Å²) in [6.07, 6.45) is 1.71. The van der Waals surface area contributed by atoms with Gasteiger partial charge in [0.05, 0.1) is 36.1 Å². The van der Waals surface area contributed by atoms with Crippen LogP contribution in [0.5, 0.6) is 11.5 Å². The molecule has 35 heavy (non-hydrogen) atoms. The van der Waals surface area contributed by atoms with Gasteiger partial charge in [0.1, 0.15) is 0 Å². The number of nitrogens with zero attached hydrogens (tertiary/aromatic N) is 2. The molecule has 9 heteroatoms. The standard InChI is InChI=1S/C26H25BrN2O5S/c1-13(2)15-6-8-16(9-7-15)23-22(25(32)34-5)14(3)28-26-29(23)24(31)21(35-26)11-17-10-20(33-4)19(30)12-18(17)27/h6-13,23,30H,1-5H3/b21-11-. The molecule has 2 aromatic carbocycles.